The van der Waals surface area contributed by atoms with Crippen LogP contribution in [0.3, 0.4) is 0 Å². The number of alkyl halides is 3. The lowest BCUT2D eigenvalue weighted by molar-refractivity contribution is -0.137. The Morgan fingerprint density at radius 2 is 1.89 bits per heavy atom. The van der Waals surface area contributed by atoms with E-state index in [1.165, 1.54) is 0 Å². The molecule has 0 amide bonds. The molecule has 0 aliphatic carbocycles. The van der Waals surface area contributed by atoms with Crippen LogP contribution < -0.4 is 10.0 Å². The second kappa shape index (κ2) is 6.40. The van der Waals surface area contributed by atoms with E-state index in [0.29, 0.717) is 24.1 Å². The number of rotatable bonds is 2. The van der Waals surface area contributed by atoms with Crippen LogP contribution in [0.15, 0.2) is 41.3 Å². The van der Waals surface area contributed by atoms with Crippen LogP contribution in [0.4, 0.5) is 18.9 Å². The molecule has 2 aromatic carbocycles. The van der Waals surface area contributed by atoms with Crippen molar-refractivity contribution in [3.8, 4) is 0 Å². The van der Waals surface area contributed by atoms with Gasteiger partial charge < -0.3 is 9.88 Å². The fraction of sp³-hybridized carbons (Fsp3) is 0.222. The number of aromatic nitrogens is 1. The third-order valence-electron chi connectivity index (χ3n) is 4.88. The second-order valence-electron chi connectivity index (χ2n) is 6.67. The largest absolute Gasteiger partial charge is 0.418 e. The van der Waals surface area contributed by atoms with E-state index in [4.69, 9.17) is 16.7 Å². The number of nitrogens with two attached hydrogens (primary N) is 1. The summed E-state index contributed by atoms with van der Waals surface area (Å²) in [6, 6.07) is 8.22. The van der Waals surface area contributed by atoms with Crippen molar-refractivity contribution in [2.45, 2.75) is 24.0 Å². The quantitative estimate of drug-likeness (QED) is 0.645. The fourth-order valence-corrected chi connectivity index (χ4v) is 4.30. The van der Waals surface area contributed by atoms with Gasteiger partial charge in [0.15, 0.2) is 0 Å². The molecule has 0 fully saturated rings. The van der Waals surface area contributed by atoms with Gasteiger partial charge in [-0.2, -0.15) is 13.2 Å². The molecule has 4 rings (SSSR count). The van der Waals surface area contributed by atoms with Crippen molar-refractivity contribution in [3.05, 3.63) is 58.2 Å². The number of anilines is 1. The van der Waals surface area contributed by atoms with Gasteiger partial charge in [-0.3, -0.25) is 0 Å². The van der Waals surface area contributed by atoms with Crippen molar-refractivity contribution in [2.24, 2.45) is 5.14 Å². The Morgan fingerprint density at radius 1 is 1.14 bits per heavy atom. The minimum Gasteiger partial charge on any atom is -0.366 e. The van der Waals surface area contributed by atoms with Crippen LogP contribution in [-0.4, -0.2) is 19.9 Å². The summed E-state index contributed by atoms with van der Waals surface area (Å²) >= 11 is 6.07. The van der Waals surface area contributed by atoms with Crippen molar-refractivity contribution in [2.75, 3.05) is 11.4 Å². The standard InChI is InChI=1S/C18H15ClF3N3O2S/c19-10-1-3-15-12(7-10)13-9-25(6-5-16(13)24-15)17-4-2-11(28(23,26)27)8-14(17)18(20,21)22/h1-4,7-8,24H,5-6,9H2,(H2,23,26,27). The summed E-state index contributed by atoms with van der Waals surface area (Å²) in [5.74, 6) is 0. The minimum atomic E-state index is -4.72. The molecule has 0 saturated heterocycles. The number of hydrogen-bond acceptors (Lipinski definition) is 3. The minimum absolute atomic E-state index is 0.0815. The first-order valence-corrected chi connectivity index (χ1v) is 10.2. The van der Waals surface area contributed by atoms with E-state index in [1.54, 1.807) is 17.0 Å². The molecule has 0 radical (unpaired) electrons. The Hall–Kier alpha value is -2.23. The average molecular weight is 430 g/mol. The molecular formula is C18H15ClF3N3O2S. The summed E-state index contributed by atoms with van der Waals surface area (Å²) in [5.41, 5.74) is 1.61. The third kappa shape index (κ3) is 3.34. The predicted molar refractivity (Wildman–Crippen MR) is 101 cm³/mol. The summed E-state index contributed by atoms with van der Waals surface area (Å²) in [7, 11) is -4.24. The van der Waals surface area contributed by atoms with E-state index in [2.05, 4.69) is 4.98 Å². The molecular weight excluding hydrogens is 415 g/mol. The maximum absolute atomic E-state index is 13.6. The first-order chi connectivity index (χ1) is 13.0. The smallest absolute Gasteiger partial charge is 0.366 e. The Bertz CT molecular complexity index is 1190. The number of hydrogen-bond donors (Lipinski definition) is 2. The van der Waals surface area contributed by atoms with Gasteiger partial charge in [0.05, 0.1) is 10.5 Å². The van der Waals surface area contributed by atoms with Gasteiger partial charge in [-0.1, -0.05) is 11.6 Å². The van der Waals surface area contributed by atoms with Crippen molar-refractivity contribution in [1.29, 1.82) is 0 Å². The van der Waals surface area contributed by atoms with Crippen LogP contribution in [0, 0.1) is 0 Å². The van der Waals surface area contributed by atoms with Crippen molar-refractivity contribution in [1.82, 2.24) is 4.98 Å². The van der Waals surface area contributed by atoms with Crippen molar-refractivity contribution < 1.29 is 21.6 Å². The van der Waals surface area contributed by atoms with Gasteiger partial charge in [0.2, 0.25) is 10.0 Å². The number of fused-ring (bicyclic) bond motifs is 3. The molecule has 0 atom stereocenters. The Labute approximate surface area is 163 Å². The number of H-pyrrole nitrogens is 1. The van der Waals surface area contributed by atoms with Crippen molar-refractivity contribution in [3.63, 3.8) is 0 Å². The summed E-state index contributed by atoms with van der Waals surface area (Å²) in [6.07, 6.45) is -4.20. The first-order valence-electron chi connectivity index (χ1n) is 8.32. The predicted octanol–water partition coefficient (Wildman–Crippen LogP) is 4.05. The van der Waals surface area contributed by atoms with Crippen LogP contribution in [0.25, 0.3) is 10.9 Å². The molecule has 2 heterocycles. The van der Waals surface area contributed by atoms with E-state index in [9.17, 15) is 21.6 Å². The maximum Gasteiger partial charge on any atom is 0.418 e. The molecule has 5 nitrogen and oxygen atoms in total. The average Bonchev–Trinajstić information content (AvgIpc) is 2.97. The van der Waals surface area contributed by atoms with Crippen molar-refractivity contribution >= 4 is 38.2 Å². The Balaban J connectivity index is 1.80. The first kappa shape index (κ1) is 19.1. The second-order valence-corrected chi connectivity index (χ2v) is 8.66. The molecule has 0 unspecified atom stereocenters. The van der Waals surface area contributed by atoms with E-state index in [-0.39, 0.29) is 12.2 Å². The van der Waals surface area contributed by atoms with Gasteiger partial charge in [0.1, 0.15) is 0 Å². The Morgan fingerprint density at radius 3 is 2.57 bits per heavy atom. The molecule has 10 heteroatoms. The van der Waals surface area contributed by atoms with Gasteiger partial charge in [-0.05, 0) is 36.4 Å². The van der Waals surface area contributed by atoms with E-state index in [1.807, 2.05) is 6.07 Å². The zero-order valence-corrected chi connectivity index (χ0v) is 15.9. The van der Waals surface area contributed by atoms with Gasteiger partial charge in [0.25, 0.3) is 0 Å². The molecule has 0 bridgehead atoms. The van der Waals surface area contributed by atoms with Gasteiger partial charge in [-0.25, -0.2) is 13.6 Å². The SMILES string of the molecule is NS(=O)(=O)c1ccc(N2CCc3[nH]c4ccc(Cl)cc4c3C2)c(C(F)(F)F)c1. The van der Waals surface area contributed by atoms with E-state index >= 15 is 0 Å². The molecule has 3 aromatic rings. The van der Waals surface area contributed by atoms with Gasteiger partial charge in [0, 0.05) is 52.4 Å². The zero-order valence-electron chi connectivity index (χ0n) is 14.3. The van der Waals surface area contributed by atoms with Crippen LogP contribution in [0.5, 0.6) is 0 Å². The van der Waals surface area contributed by atoms with Crippen LogP contribution in [-0.2, 0) is 29.2 Å². The number of nitrogens with one attached hydrogen (secondary N) is 1. The highest BCUT2D eigenvalue weighted by Gasteiger charge is 2.37. The van der Waals surface area contributed by atoms with Crippen LogP contribution >= 0.6 is 11.6 Å². The molecule has 0 spiro atoms. The van der Waals surface area contributed by atoms with Gasteiger partial charge >= 0.3 is 6.18 Å². The molecule has 0 saturated carbocycles. The summed E-state index contributed by atoms with van der Waals surface area (Å²) in [4.78, 5) is 4.31. The number of primary sulfonamides is 1. The lowest BCUT2D eigenvalue weighted by Gasteiger charge is -2.31. The highest BCUT2D eigenvalue weighted by molar-refractivity contribution is 7.89. The molecule has 3 N–H and O–H groups in total. The topological polar surface area (TPSA) is 79.2 Å². The highest BCUT2D eigenvalue weighted by atomic mass is 35.5. The number of benzene rings is 2. The van der Waals surface area contributed by atoms with Crippen LogP contribution in [0.1, 0.15) is 16.8 Å². The molecule has 28 heavy (non-hydrogen) atoms. The fourth-order valence-electron chi connectivity index (χ4n) is 3.59. The number of sulfonamides is 1. The molecule has 1 aromatic heterocycles. The lowest BCUT2D eigenvalue weighted by Crippen LogP contribution is -2.32. The van der Waals surface area contributed by atoms with Gasteiger partial charge in [-0.15, -0.1) is 0 Å². The highest BCUT2D eigenvalue weighted by Crippen LogP contribution is 2.40. The normalized spacial score (nSPS) is 15.1. The Kier molecular flexibility index (Phi) is 4.36. The molecule has 1 aliphatic rings. The van der Waals surface area contributed by atoms with E-state index < -0.39 is 26.7 Å². The number of halogens is 4. The van der Waals surface area contributed by atoms with E-state index in [0.717, 1.165) is 34.3 Å². The third-order valence-corrected chi connectivity index (χ3v) is 6.03. The summed E-state index contributed by atoms with van der Waals surface area (Å²) in [6.45, 7) is 0.596. The summed E-state index contributed by atoms with van der Waals surface area (Å²) in [5, 5.41) is 6.40. The number of aromatic amines is 1. The molecule has 148 valence electrons. The monoisotopic (exact) mass is 429 g/mol. The molecule has 1 aliphatic heterocycles. The zero-order chi connectivity index (χ0) is 20.3. The summed E-state index contributed by atoms with van der Waals surface area (Å²) < 4.78 is 63.9. The number of nitrogens with zero attached hydrogens (tertiary/aromatic N) is 1. The maximum atomic E-state index is 13.6. The lowest BCUT2D eigenvalue weighted by atomic mass is 10.0. The van der Waals surface area contributed by atoms with Crippen LogP contribution in [0.2, 0.25) is 5.02 Å².